The van der Waals surface area contributed by atoms with Crippen LogP contribution in [0.1, 0.15) is 12.8 Å². The molecule has 0 radical (unpaired) electrons. The molecule has 0 aliphatic carbocycles. The highest BCUT2D eigenvalue weighted by atomic mass is 35.5. The Labute approximate surface area is 135 Å². The van der Waals surface area contributed by atoms with Crippen LogP contribution in [0.5, 0.6) is 5.75 Å². The zero-order chi connectivity index (χ0) is 15.2. The number of amides is 1. The van der Waals surface area contributed by atoms with Crippen LogP contribution < -0.4 is 10.1 Å². The van der Waals surface area contributed by atoms with Crippen LogP contribution in [0.3, 0.4) is 0 Å². The van der Waals surface area contributed by atoms with Crippen molar-refractivity contribution in [3.05, 3.63) is 34.4 Å². The molecule has 1 saturated heterocycles. The van der Waals surface area contributed by atoms with Crippen molar-refractivity contribution in [3.8, 4) is 5.75 Å². The molecule has 2 rings (SSSR count). The topological polar surface area (TPSA) is 84.7 Å². The van der Waals surface area contributed by atoms with Crippen molar-refractivity contribution < 1.29 is 14.5 Å². The maximum atomic E-state index is 12.1. The van der Waals surface area contributed by atoms with Crippen LogP contribution in [-0.2, 0) is 4.79 Å². The van der Waals surface area contributed by atoms with Crippen LogP contribution in [0.2, 0.25) is 0 Å². The number of nitrogens with zero attached hydrogens (tertiary/aromatic N) is 2. The van der Waals surface area contributed by atoms with E-state index in [0.717, 1.165) is 12.8 Å². The van der Waals surface area contributed by atoms with Crippen molar-refractivity contribution in [2.24, 2.45) is 0 Å². The summed E-state index contributed by atoms with van der Waals surface area (Å²) >= 11 is 0. The van der Waals surface area contributed by atoms with E-state index in [0.29, 0.717) is 19.1 Å². The predicted octanol–water partition coefficient (Wildman–Crippen LogP) is 1.61. The molecule has 8 heteroatoms. The molecule has 0 saturated carbocycles. The molecule has 1 aliphatic heterocycles. The fourth-order valence-electron chi connectivity index (χ4n) is 2.40. The minimum atomic E-state index is -0.516. The summed E-state index contributed by atoms with van der Waals surface area (Å²) < 4.78 is 5.33. The Hall–Kier alpha value is -1.86. The molecule has 122 valence electrons. The molecule has 1 heterocycles. The highest BCUT2D eigenvalue weighted by Gasteiger charge is 2.23. The highest BCUT2D eigenvalue weighted by Crippen LogP contribution is 2.25. The van der Waals surface area contributed by atoms with Gasteiger partial charge in [0.05, 0.1) is 4.92 Å². The number of para-hydroxylation sites is 2. The number of benzene rings is 1. The molecule has 1 unspecified atom stereocenters. The van der Waals surface area contributed by atoms with E-state index < -0.39 is 4.92 Å². The maximum absolute atomic E-state index is 12.1. The molecule has 1 fully saturated rings. The first-order chi connectivity index (χ1) is 10.1. The van der Waals surface area contributed by atoms with Crippen LogP contribution in [0.15, 0.2) is 24.3 Å². The van der Waals surface area contributed by atoms with Crippen molar-refractivity contribution in [1.29, 1.82) is 0 Å². The van der Waals surface area contributed by atoms with Gasteiger partial charge in [-0.15, -0.1) is 12.4 Å². The zero-order valence-electron chi connectivity index (χ0n) is 12.4. The second-order valence-electron chi connectivity index (χ2n) is 4.98. The Bertz CT molecular complexity index is 527. The summed E-state index contributed by atoms with van der Waals surface area (Å²) in [5, 5.41) is 14.0. The van der Waals surface area contributed by atoms with Gasteiger partial charge in [0.15, 0.2) is 12.4 Å². The van der Waals surface area contributed by atoms with E-state index in [-0.39, 0.29) is 36.4 Å². The number of carbonyl (C=O) groups excluding carboxylic acids is 1. The van der Waals surface area contributed by atoms with Crippen LogP contribution in [0.25, 0.3) is 0 Å². The van der Waals surface area contributed by atoms with Gasteiger partial charge in [0.1, 0.15) is 0 Å². The average Bonchev–Trinajstić information content (AvgIpc) is 2.52. The minimum Gasteiger partial charge on any atom is -0.477 e. The molecule has 0 spiro atoms. The lowest BCUT2D eigenvalue weighted by molar-refractivity contribution is -0.385. The van der Waals surface area contributed by atoms with E-state index in [1.54, 1.807) is 17.0 Å². The third-order valence-electron chi connectivity index (χ3n) is 3.60. The number of carbonyl (C=O) groups is 1. The van der Waals surface area contributed by atoms with E-state index in [2.05, 4.69) is 5.32 Å². The first-order valence-corrected chi connectivity index (χ1v) is 6.93. The minimum absolute atomic E-state index is 0. The number of ether oxygens (including phenoxy) is 1. The molecule has 1 atom stereocenters. The van der Waals surface area contributed by atoms with E-state index >= 15 is 0 Å². The largest absolute Gasteiger partial charge is 0.477 e. The average molecular weight is 330 g/mol. The van der Waals surface area contributed by atoms with Crippen LogP contribution in [0, 0.1) is 10.1 Å². The fraction of sp³-hybridized carbons (Fsp3) is 0.500. The smallest absolute Gasteiger partial charge is 0.310 e. The molecular formula is C14H20ClN3O4. The molecule has 7 nitrogen and oxygen atoms in total. The molecule has 22 heavy (non-hydrogen) atoms. The zero-order valence-corrected chi connectivity index (χ0v) is 13.2. The lowest BCUT2D eigenvalue weighted by Crippen LogP contribution is -2.48. The standard InChI is InChI=1S/C14H19N3O4.ClH/c1-15-11-5-4-8-16(9-11)14(18)10-21-13-7-3-2-6-12(13)17(19)20;/h2-3,6-7,11,15H,4-5,8-10H2,1H3;1H. The quantitative estimate of drug-likeness (QED) is 0.655. The summed E-state index contributed by atoms with van der Waals surface area (Å²) in [5.41, 5.74) is -0.128. The Balaban J connectivity index is 0.00000242. The van der Waals surface area contributed by atoms with Gasteiger partial charge in [0.25, 0.3) is 5.91 Å². The molecule has 0 bridgehead atoms. The van der Waals surface area contributed by atoms with Gasteiger partial charge in [-0.05, 0) is 26.0 Å². The third-order valence-corrected chi connectivity index (χ3v) is 3.60. The van der Waals surface area contributed by atoms with Crippen molar-refractivity contribution in [1.82, 2.24) is 10.2 Å². The normalized spacial score (nSPS) is 17.5. The van der Waals surface area contributed by atoms with Crippen LogP contribution in [-0.4, -0.2) is 48.5 Å². The van der Waals surface area contributed by atoms with Crippen LogP contribution in [0.4, 0.5) is 5.69 Å². The number of likely N-dealkylation sites (N-methyl/N-ethyl adjacent to an activating group) is 1. The van der Waals surface area contributed by atoms with Crippen LogP contribution >= 0.6 is 12.4 Å². The van der Waals surface area contributed by atoms with Gasteiger partial charge in [0, 0.05) is 25.2 Å². The summed E-state index contributed by atoms with van der Waals surface area (Å²) in [5.74, 6) is -0.0221. The Morgan fingerprint density at radius 1 is 1.50 bits per heavy atom. The summed E-state index contributed by atoms with van der Waals surface area (Å²) in [4.78, 5) is 24.2. The van der Waals surface area contributed by atoms with Gasteiger partial charge < -0.3 is 15.0 Å². The summed E-state index contributed by atoms with van der Waals surface area (Å²) in [6.45, 7) is 1.17. The van der Waals surface area contributed by atoms with Gasteiger partial charge in [-0.25, -0.2) is 0 Å². The lowest BCUT2D eigenvalue weighted by atomic mass is 10.1. The van der Waals surface area contributed by atoms with E-state index in [9.17, 15) is 14.9 Å². The van der Waals surface area contributed by atoms with Gasteiger partial charge in [0.2, 0.25) is 0 Å². The number of likely N-dealkylation sites (tertiary alicyclic amines) is 1. The monoisotopic (exact) mass is 329 g/mol. The number of halogens is 1. The number of nitrogens with one attached hydrogen (secondary N) is 1. The number of piperidine rings is 1. The third kappa shape index (κ3) is 4.57. The lowest BCUT2D eigenvalue weighted by Gasteiger charge is -2.32. The molecular weight excluding hydrogens is 310 g/mol. The number of nitro groups is 1. The number of hydrogen-bond donors (Lipinski definition) is 1. The van der Waals surface area contributed by atoms with E-state index in [1.165, 1.54) is 12.1 Å². The number of hydrogen-bond acceptors (Lipinski definition) is 5. The molecule has 1 aliphatic rings. The van der Waals surface area contributed by atoms with Crippen molar-refractivity contribution >= 4 is 24.0 Å². The number of nitro benzene ring substituents is 1. The van der Waals surface area contributed by atoms with E-state index in [1.807, 2.05) is 7.05 Å². The summed E-state index contributed by atoms with van der Waals surface area (Å²) in [6, 6.07) is 6.36. The summed E-state index contributed by atoms with van der Waals surface area (Å²) in [7, 11) is 1.88. The Morgan fingerprint density at radius 2 is 2.23 bits per heavy atom. The second-order valence-corrected chi connectivity index (χ2v) is 4.98. The van der Waals surface area contributed by atoms with Crippen molar-refractivity contribution in [3.63, 3.8) is 0 Å². The SMILES string of the molecule is CNC1CCCN(C(=O)COc2ccccc2[N+](=O)[O-])C1.Cl. The molecule has 1 aromatic carbocycles. The fourth-order valence-corrected chi connectivity index (χ4v) is 2.40. The molecule has 1 N–H and O–H groups in total. The molecule has 1 amide bonds. The predicted molar refractivity (Wildman–Crippen MR) is 84.5 cm³/mol. The molecule has 0 aromatic heterocycles. The highest BCUT2D eigenvalue weighted by molar-refractivity contribution is 5.85. The second kappa shape index (κ2) is 8.55. The van der Waals surface area contributed by atoms with E-state index in [4.69, 9.17) is 4.74 Å². The van der Waals surface area contributed by atoms with Gasteiger partial charge >= 0.3 is 5.69 Å². The van der Waals surface area contributed by atoms with Gasteiger partial charge in [-0.2, -0.15) is 0 Å². The van der Waals surface area contributed by atoms with Crippen molar-refractivity contribution in [2.75, 3.05) is 26.7 Å². The first kappa shape index (κ1) is 18.2. The van der Waals surface area contributed by atoms with Gasteiger partial charge in [-0.1, -0.05) is 12.1 Å². The van der Waals surface area contributed by atoms with Crippen molar-refractivity contribution in [2.45, 2.75) is 18.9 Å². The summed E-state index contributed by atoms with van der Waals surface area (Å²) in [6.07, 6.45) is 1.99. The molecule has 1 aromatic rings. The number of rotatable bonds is 5. The maximum Gasteiger partial charge on any atom is 0.310 e. The first-order valence-electron chi connectivity index (χ1n) is 6.93. The van der Waals surface area contributed by atoms with Gasteiger partial charge in [-0.3, -0.25) is 14.9 Å². The Morgan fingerprint density at radius 3 is 2.91 bits per heavy atom. The Kier molecular flexibility index (Phi) is 7.07.